The molecule has 21 heavy (non-hydrogen) atoms. The maximum Gasteiger partial charge on any atom is 0.327 e. The number of likely N-dealkylation sites (tertiary alicyclic amines) is 1. The third-order valence-electron chi connectivity index (χ3n) is 4.98. The quantitative estimate of drug-likeness (QED) is 0.851. The molecule has 3 fully saturated rings. The Balaban J connectivity index is 1.83. The molecule has 1 aliphatic carbocycles. The highest BCUT2D eigenvalue weighted by atomic mass is 32.2. The van der Waals surface area contributed by atoms with Crippen LogP contribution in [-0.4, -0.2) is 56.2 Å². The second kappa shape index (κ2) is 5.71. The molecule has 2 saturated heterocycles. The first-order chi connectivity index (χ1) is 10.0. The molecule has 118 valence electrons. The van der Waals surface area contributed by atoms with Gasteiger partial charge in [-0.25, -0.2) is 9.59 Å². The number of carboxylic acid groups (broad SMARTS) is 1. The van der Waals surface area contributed by atoms with Crippen LogP contribution >= 0.6 is 11.8 Å². The van der Waals surface area contributed by atoms with Gasteiger partial charge in [-0.3, -0.25) is 4.90 Å². The van der Waals surface area contributed by atoms with E-state index in [-0.39, 0.29) is 23.5 Å². The first-order valence-corrected chi connectivity index (χ1v) is 9.00. The second-order valence-corrected chi connectivity index (χ2v) is 7.79. The number of rotatable bonds is 2. The van der Waals surface area contributed by atoms with Gasteiger partial charge >= 0.3 is 12.0 Å². The van der Waals surface area contributed by atoms with Crippen molar-refractivity contribution in [1.29, 1.82) is 0 Å². The molecular formula is C15H24N2O3S. The summed E-state index contributed by atoms with van der Waals surface area (Å²) in [6.07, 6.45) is 5.43. The van der Waals surface area contributed by atoms with Crippen LogP contribution in [0.3, 0.4) is 0 Å². The Morgan fingerprint density at radius 1 is 1.05 bits per heavy atom. The molecule has 0 radical (unpaired) electrons. The highest BCUT2D eigenvalue weighted by molar-refractivity contribution is 8.00. The van der Waals surface area contributed by atoms with E-state index in [0.29, 0.717) is 11.7 Å². The number of piperidine rings is 1. The predicted octanol–water partition coefficient (Wildman–Crippen LogP) is 2.61. The first-order valence-electron chi connectivity index (χ1n) is 7.95. The third-order valence-corrected chi connectivity index (χ3v) is 6.44. The molecule has 5 nitrogen and oxygen atoms in total. The van der Waals surface area contributed by atoms with Gasteiger partial charge in [0.15, 0.2) is 0 Å². The predicted molar refractivity (Wildman–Crippen MR) is 82.2 cm³/mol. The van der Waals surface area contributed by atoms with Crippen molar-refractivity contribution in [3.05, 3.63) is 0 Å². The number of carbonyl (C=O) groups excluding carboxylic acids is 1. The second-order valence-electron chi connectivity index (χ2n) is 6.64. The zero-order valence-corrected chi connectivity index (χ0v) is 13.5. The van der Waals surface area contributed by atoms with Gasteiger partial charge in [0, 0.05) is 17.8 Å². The van der Waals surface area contributed by atoms with Gasteiger partial charge in [-0.05, 0) is 51.9 Å². The van der Waals surface area contributed by atoms with Crippen molar-refractivity contribution in [3.8, 4) is 0 Å². The summed E-state index contributed by atoms with van der Waals surface area (Å²) in [7, 11) is 0. The summed E-state index contributed by atoms with van der Waals surface area (Å²) in [4.78, 5) is 28.2. The first kappa shape index (κ1) is 15.0. The van der Waals surface area contributed by atoms with E-state index in [1.54, 1.807) is 16.7 Å². The largest absolute Gasteiger partial charge is 0.480 e. The van der Waals surface area contributed by atoms with Crippen LogP contribution in [0.25, 0.3) is 0 Å². The van der Waals surface area contributed by atoms with Crippen LogP contribution in [0, 0.1) is 5.92 Å². The van der Waals surface area contributed by atoms with Crippen molar-refractivity contribution in [3.63, 3.8) is 0 Å². The molecule has 0 aromatic rings. The molecule has 6 heteroatoms. The Kier molecular flexibility index (Phi) is 4.08. The molecule has 0 bridgehead atoms. The lowest BCUT2D eigenvalue weighted by Crippen LogP contribution is -2.57. The van der Waals surface area contributed by atoms with Gasteiger partial charge in [0.05, 0.1) is 5.37 Å². The van der Waals surface area contributed by atoms with E-state index in [0.717, 1.165) is 32.1 Å². The van der Waals surface area contributed by atoms with E-state index in [9.17, 15) is 14.7 Å². The third kappa shape index (κ3) is 2.74. The maximum atomic E-state index is 13.1. The van der Waals surface area contributed by atoms with Gasteiger partial charge in [0.1, 0.15) is 6.04 Å². The summed E-state index contributed by atoms with van der Waals surface area (Å²) in [6.45, 7) is 4.16. The lowest BCUT2D eigenvalue weighted by Gasteiger charge is -2.43. The van der Waals surface area contributed by atoms with Gasteiger partial charge in [0.2, 0.25) is 0 Å². The minimum Gasteiger partial charge on any atom is -0.480 e. The molecule has 4 atom stereocenters. The normalized spacial score (nSPS) is 36.9. The summed E-state index contributed by atoms with van der Waals surface area (Å²) in [5, 5.41) is 9.53. The zero-order chi connectivity index (χ0) is 15.1. The van der Waals surface area contributed by atoms with Crippen LogP contribution in [0.2, 0.25) is 0 Å². The van der Waals surface area contributed by atoms with Gasteiger partial charge in [-0.1, -0.05) is 0 Å². The van der Waals surface area contributed by atoms with E-state index < -0.39 is 12.0 Å². The van der Waals surface area contributed by atoms with E-state index in [2.05, 4.69) is 13.8 Å². The van der Waals surface area contributed by atoms with Crippen molar-refractivity contribution in [1.82, 2.24) is 9.80 Å². The fourth-order valence-electron chi connectivity index (χ4n) is 3.64. The molecule has 2 amide bonds. The Bertz CT molecular complexity index is 431. The molecule has 1 saturated carbocycles. The Morgan fingerprint density at radius 3 is 2.19 bits per heavy atom. The van der Waals surface area contributed by atoms with E-state index in [1.807, 2.05) is 4.90 Å². The van der Waals surface area contributed by atoms with E-state index in [4.69, 9.17) is 0 Å². The molecule has 0 spiro atoms. The van der Waals surface area contributed by atoms with Crippen molar-refractivity contribution >= 4 is 23.8 Å². The molecular weight excluding hydrogens is 288 g/mol. The summed E-state index contributed by atoms with van der Waals surface area (Å²) < 4.78 is 0. The summed E-state index contributed by atoms with van der Waals surface area (Å²) in [5.41, 5.74) is 0. The Labute approximate surface area is 130 Å². The highest BCUT2D eigenvalue weighted by Gasteiger charge is 2.50. The SMILES string of the molecule is CC1CCCC(C)N1C(=O)N1C(C(=O)O)CSC1C1CC1. The molecule has 0 aromatic heterocycles. The number of carbonyl (C=O) groups is 2. The Morgan fingerprint density at radius 2 is 1.67 bits per heavy atom. The highest BCUT2D eigenvalue weighted by Crippen LogP contribution is 2.46. The minimum absolute atomic E-state index is 0.0519. The van der Waals surface area contributed by atoms with Gasteiger partial charge in [-0.15, -0.1) is 11.8 Å². The van der Waals surface area contributed by atoms with Crippen LogP contribution in [0.5, 0.6) is 0 Å². The molecule has 4 unspecified atom stereocenters. The lowest BCUT2D eigenvalue weighted by molar-refractivity contribution is -0.141. The summed E-state index contributed by atoms with van der Waals surface area (Å²) in [6, 6.07) is -0.291. The van der Waals surface area contributed by atoms with E-state index in [1.165, 1.54) is 0 Å². The minimum atomic E-state index is -0.865. The zero-order valence-electron chi connectivity index (χ0n) is 12.7. The molecule has 3 rings (SSSR count). The monoisotopic (exact) mass is 312 g/mol. The van der Waals surface area contributed by atoms with Crippen molar-refractivity contribution in [2.45, 2.75) is 69.5 Å². The molecule has 2 heterocycles. The number of nitrogens with zero attached hydrogens (tertiary/aromatic N) is 2. The number of carboxylic acids is 1. The molecule has 3 aliphatic rings. The fraction of sp³-hybridized carbons (Fsp3) is 0.867. The van der Waals surface area contributed by atoms with Crippen LogP contribution in [0.15, 0.2) is 0 Å². The van der Waals surface area contributed by atoms with Gasteiger partial charge in [0.25, 0.3) is 0 Å². The standard InChI is InChI=1S/C15H24N2O3S/c1-9-4-3-5-10(2)16(9)15(20)17-12(14(18)19)8-21-13(17)11-6-7-11/h9-13H,3-8H2,1-2H3,(H,18,19). The maximum absolute atomic E-state index is 13.1. The number of amides is 2. The number of hydrogen-bond donors (Lipinski definition) is 1. The van der Waals surface area contributed by atoms with E-state index >= 15 is 0 Å². The average molecular weight is 312 g/mol. The van der Waals surface area contributed by atoms with Crippen LogP contribution in [0.4, 0.5) is 4.79 Å². The average Bonchev–Trinajstić information content (AvgIpc) is 3.16. The molecule has 2 aliphatic heterocycles. The summed E-state index contributed by atoms with van der Waals surface area (Å²) >= 11 is 1.65. The number of aliphatic carboxylic acids is 1. The fourth-order valence-corrected chi connectivity index (χ4v) is 5.26. The van der Waals surface area contributed by atoms with Crippen molar-refractivity contribution in [2.75, 3.05) is 5.75 Å². The lowest BCUT2D eigenvalue weighted by atomic mass is 9.98. The molecule has 0 aromatic carbocycles. The van der Waals surface area contributed by atoms with Crippen molar-refractivity contribution < 1.29 is 14.7 Å². The smallest absolute Gasteiger partial charge is 0.327 e. The number of thioether (sulfide) groups is 1. The van der Waals surface area contributed by atoms with Crippen LogP contribution in [0.1, 0.15) is 46.0 Å². The Hall–Kier alpha value is -0.910. The topological polar surface area (TPSA) is 60.9 Å². The number of urea groups is 1. The number of hydrogen-bond acceptors (Lipinski definition) is 3. The van der Waals surface area contributed by atoms with Gasteiger partial charge < -0.3 is 10.0 Å². The van der Waals surface area contributed by atoms with Crippen molar-refractivity contribution in [2.24, 2.45) is 5.92 Å². The molecule has 1 N–H and O–H groups in total. The van der Waals surface area contributed by atoms with Gasteiger partial charge in [-0.2, -0.15) is 0 Å². The van der Waals surface area contributed by atoms with Crippen LogP contribution < -0.4 is 0 Å². The van der Waals surface area contributed by atoms with Crippen LogP contribution in [-0.2, 0) is 4.79 Å². The summed E-state index contributed by atoms with van der Waals surface area (Å²) in [5.74, 6) is 0.161.